The van der Waals surface area contributed by atoms with E-state index >= 15 is 0 Å². The van der Waals surface area contributed by atoms with Crippen LogP contribution in [0.25, 0.3) is 11.1 Å². The van der Waals surface area contributed by atoms with E-state index < -0.39 is 26.9 Å². The molecule has 1 aliphatic carbocycles. The van der Waals surface area contributed by atoms with E-state index in [1.807, 2.05) is 0 Å². The van der Waals surface area contributed by atoms with Crippen molar-refractivity contribution in [2.24, 2.45) is 0 Å². The topological polar surface area (TPSA) is 12.0 Å². The minimum absolute atomic E-state index is 0. The van der Waals surface area contributed by atoms with Gasteiger partial charge in [0.15, 0.2) is 0 Å². The summed E-state index contributed by atoms with van der Waals surface area (Å²) in [4.78, 5) is 0. The van der Waals surface area contributed by atoms with E-state index in [9.17, 15) is 0 Å². The second-order valence-electron chi connectivity index (χ2n) is 8.77. The number of rotatable bonds is 7. The molecule has 0 saturated carbocycles. The Kier molecular flexibility index (Phi) is 9.93. The zero-order valence-corrected chi connectivity index (χ0v) is 25.8. The molecule has 0 aromatic heterocycles. The molecule has 0 radical (unpaired) electrons. The van der Waals surface area contributed by atoms with Gasteiger partial charge < -0.3 is 24.8 Å². The van der Waals surface area contributed by atoms with Crippen molar-refractivity contribution in [3.8, 4) is 11.1 Å². The molecule has 0 heterocycles. The van der Waals surface area contributed by atoms with Crippen LogP contribution >= 0.6 is 0 Å². The molecule has 4 aromatic carbocycles. The summed E-state index contributed by atoms with van der Waals surface area (Å²) < 4.78 is 4.93. The molecule has 1 atom stereocenters. The molecule has 34 heavy (non-hydrogen) atoms. The maximum atomic E-state index is 4.36. The van der Waals surface area contributed by atoms with Gasteiger partial charge in [-0.05, 0) is 0 Å². The van der Waals surface area contributed by atoms with Crippen molar-refractivity contribution < 1.29 is 45.7 Å². The van der Waals surface area contributed by atoms with E-state index in [-0.39, 0.29) is 24.8 Å². The first-order valence-electron chi connectivity index (χ1n) is 11.7. The standard InChI is InChI=1S/C13H9.C12H11Si.C4H10N.2ClH.Hf/c1-3-7-12-10(5-1)9-11-6-2-4-8-13(11)12;1-3-7-11(8-4-1)13-12-9-5-2-6-10-12;1-3-4(2)5;;;/h1-9H;1-10,13H;4-5H,3H2,1-2H3;2*1H;/q;;-1;;;+3/p-2. The summed E-state index contributed by atoms with van der Waals surface area (Å²) in [5.41, 5.74) is 6.04. The molecule has 5 rings (SSSR count). The molecular weight excluding hydrogens is 640 g/mol. The Balaban J connectivity index is 0.00000162. The number of hydrogen-bond donors (Lipinski definition) is 1. The van der Waals surface area contributed by atoms with Crippen LogP contribution in [0.5, 0.6) is 0 Å². The van der Waals surface area contributed by atoms with E-state index in [1.165, 1.54) is 17.5 Å². The molecule has 173 valence electrons. The maximum absolute atomic E-state index is 4.36. The Morgan fingerprint density at radius 3 is 1.53 bits per heavy atom. The number of fused-ring (bicyclic) bond motifs is 3. The molecule has 5 heteroatoms. The van der Waals surface area contributed by atoms with Gasteiger partial charge in [-0.1, -0.05) is 0 Å². The summed E-state index contributed by atoms with van der Waals surface area (Å²) in [6.07, 6.45) is 1.18. The smallest absolute Gasteiger partial charge is 1.00 e. The first-order valence-corrected chi connectivity index (χ1v) is 23.5. The van der Waals surface area contributed by atoms with Gasteiger partial charge in [-0.3, -0.25) is 0 Å². The summed E-state index contributed by atoms with van der Waals surface area (Å²) in [5.74, 6) is -1.40. The molecule has 1 unspecified atom stereocenters. The molecule has 0 fully saturated rings. The van der Waals surface area contributed by atoms with Crippen LogP contribution in [0, 0.1) is 0 Å². The Morgan fingerprint density at radius 2 is 1.09 bits per heavy atom. The Morgan fingerprint density at radius 1 is 0.676 bits per heavy atom. The van der Waals surface area contributed by atoms with Gasteiger partial charge in [0.1, 0.15) is 0 Å². The van der Waals surface area contributed by atoms with Crippen molar-refractivity contribution >= 4 is 16.4 Å². The Hall–Kier alpha value is -1.49. The van der Waals surface area contributed by atoms with E-state index in [0.29, 0.717) is 9.72 Å². The molecule has 0 bridgehead atoms. The Bertz CT molecular complexity index is 1100. The summed E-state index contributed by atoms with van der Waals surface area (Å²) in [6, 6.07) is 41.8. The van der Waals surface area contributed by atoms with Gasteiger partial charge in [-0.15, -0.1) is 0 Å². The predicted molar refractivity (Wildman–Crippen MR) is 136 cm³/mol. The van der Waals surface area contributed by atoms with Crippen LogP contribution in [0.2, 0.25) is 0 Å². The van der Waals surface area contributed by atoms with Crippen molar-refractivity contribution in [2.45, 2.75) is 30.0 Å². The van der Waals surface area contributed by atoms with Crippen LogP contribution in [-0.4, -0.2) is 12.0 Å². The normalized spacial score (nSPS) is 12.8. The molecule has 0 aliphatic heterocycles. The maximum Gasteiger partial charge on any atom is -1.00 e. The van der Waals surface area contributed by atoms with Crippen molar-refractivity contribution in [1.82, 2.24) is 3.30 Å². The quantitative estimate of drug-likeness (QED) is 0.255. The second kappa shape index (κ2) is 12.5. The Labute approximate surface area is 225 Å². The van der Waals surface area contributed by atoms with Gasteiger partial charge in [-0.25, -0.2) is 0 Å². The zero-order valence-electron chi connectivity index (χ0n) is 19.6. The van der Waals surface area contributed by atoms with Crippen LogP contribution in [0.4, 0.5) is 0 Å². The van der Waals surface area contributed by atoms with Gasteiger partial charge in [0.25, 0.3) is 0 Å². The second-order valence-corrected chi connectivity index (χ2v) is 28.7. The van der Waals surface area contributed by atoms with Crippen LogP contribution in [-0.2, 0) is 20.9 Å². The fraction of sp³-hybridized carbons (Fsp3) is 0.172. The molecule has 0 amide bonds. The third-order valence-electron chi connectivity index (χ3n) is 6.75. The van der Waals surface area contributed by atoms with Gasteiger partial charge in [0.05, 0.1) is 0 Å². The average Bonchev–Trinajstić information content (AvgIpc) is 3.19. The monoisotopic (exact) mass is 670 g/mol. The molecule has 1 aliphatic rings. The largest absolute Gasteiger partial charge is 1.00 e. The third-order valence-corrected chi connectivity index (χ3v) is 34.9. The molecule has 4 aromatic rings. The fourth-order valence-corrected chi connectivity index (χ4v) is 38.0. The first kappa shape index (κ1) is 27.1. The minimum atomic E-state index is -2.52. The van der Waals surface area contributed by atoms with E-state index in [1.54, 1.807) is 21.5 Å². The van der Waals surface area contributed by atoms with Gasteiger partial charge >= 0.3 is 202 Å². The van der Waals surface area contributed by atoms with E-state index in [4.69, 9.17) is 0 Å². The number of benzene rings is 4. The van der Waals surface area contributed by atoms with Crippen molar-refractivity contribution in [1.29, 1.82) is 0 Å². The predicted octanol–water partition coefficient (Wildman–Crippen LogP) is -0.776. The van der Waals surface area contributed by atoms with Crippen LogP contribution < -0.4 is 38.5 Å². The third kappa shape index (κ3) is 5.34. The summed E-state index contributed by atoms with van der Waals surface area (Å²) in [7, 11) is 0. The van der Waals surface area contributed by atoms with Crippen molar-refractivity contribution in [2.75, 3.05) is 0 Å². The van der Waals surface area contributed by atoms with E-state index in [0.717, 1.165) is 0 Å². The SMILES string of the molecule is CCC(C)[NH][Hf+2]([CH]1c2ccccc2-c2ccccc21)[SiH](c1ccccc1)c1ccccc1.[Cl-].[Cl-]. The van der Waals surface area contributed by atoms with Gasteiger partial charge in [-0.2, -0.15) is 0 Å². The molecule has 1 N–H and O–H groups in total. The van der Waals surface area contributed by atoms with Crippen LogP contribution in [0.1, 0.15) is 35.1 Å². The number of hydrogen-bond acceptors (Lipinski definition) is 1. The number of nitrogens with one attached hydrogen (secondary N) is 1. The first-order chi connectivity index (χ1) is 15.8. The van der Waals surface area contributed by atoms with Gasteiger partial charge in [0, 0.05) is 0 Å². The van der Waals surface area contributed by atoms with Crippen molar-refractivity contribution in [3.05, 3.63) is 120 Å². The molecule has 0 saturated heterocycles. The van der Waals surface area contributed by atoms with E-state index in [2.05, 4.69) is 126 Å². The molecular formula is C29H30Cl2HfNSi. The summed E-state index contributed by atoms with van der Waals surface area (Å²) in [6.45, 7) is 4.71. The van der Waals surface area contributed by atoms with Gasteiger partial charge in [0.2, 0.25) is 0 Å². The summed E-state index contributed by atoms with van der Waals surface area (Å²) in [5, 5.41) is 3.19. The van der Waals surface area contributed by atoms with Crippen molar-refractivity contribution in [3.63, 3.8) is 0 Å². The molecule has 1 nitrogen and oxygen atoms in total. The minimum Gasteiger partial charge on any atom is -1.00 e. The zero-order chi connectivity index (χ0) is 21.9. The van der Waals surface area contributed by atoms with Crippen LogP contribution in [0.3, 0.4) is 0 Å². The van der Waals surface area contributed by atoms with Crippen LogP contribution in [0.15, 0.2) is 109 Å². The molecule has 0 spiro atoms. The average molecular weight is 670 g/mol. The number of halogens is 2. The summed E-state index contributed by atoms with van der Waals surface area (Å²) >= 11 is -2.52. The fourth-order valence-electron chi connectivity index (χ4n) is 5.05.